The van der Waals surface area contributed by atoms with E-state index in [1.807, 2.05) is 50.2 Å². The van der Waals surface area contributed by atoms with Crippen LogP contribution in [-0.2, 0) is 17.6 Å². The number of benzene rings is 2. The van der Waals surface area contributed by atoms with Gasteiger partial charge in [0.1, 0.15) is 17.3 Å². The summed E-state index contributed by atoms with van der Waals surface area (Å²) in [5.74, 6) is 1.67. The molecular weight excluding hydrogens is 352 g/mol. The van der Waals surface area contributed by atoms with Crippen molar-refractivity contribution in [3.05, 3.63) is 70.9 Å². The van der Waals surface area contributed by atoms with E-state index in [1.54, 1.807) is 19.2 Å². The number of aromatic hydroxyl groups is 1. The zero-order chi connectivity index (χ0) is 20.1. The number of nitrogens with zero attached hydrogens (tertiary/aromatic N) is 1. The molecule has 5 nitrogen and oxygen atoms in total. The first-order chi connectivity index (χ1) is 13.4. The van der Waals surface area contributed by atoms with E-state index in [0.717, 1.165) is 29.0 Å². The largest absolute Gasteiger partial charge is 0.508 e. The SMILES string of the molecule is COc1ccc(CC2=C(Cc3ccc(O)cc3)CC(NC(=O)C(C)C)=N2)cc1. The number of carbonyl (C=O) groups excluding carboxylic acids is 1. The number of rotatable bonds is 6. The molecule has 0 aromatic heterocycles. The molecule has 0 spiro atoms. The minimum absolute atomic E-state index is 0.0200. The molecule has 0 fully saturated rings. The standard InChI is InChI=1S/C23H26N2O3/c1-15(2)23(27)25-22-14-18(12-16-4-8-19(26)9-5-16)21(24-22)13-17-6-10-20(28-3)11-7-17/h4-11,15,26H,12-14H2,1-3H3,(H,24,25,27). The van der Waals surface area contributed by atoms with Gasteiger partial charge in [-0.05, 0) is 47.4 Å². The van der Waals surface area contributed by atoms with Crippen molar-refractivity contribution in [2.45, 2.75) is 33.1 Å². The molecule has 1 amide bonds. The van der Waals surface area contributed by atoms with Crippen LogP contribution in [0.4, 0.5) is 0 Å². The summed E-state index contributed by atoms with van der Waals surface area (Å²) in [4.78, 5) is 16.8. The van der Waals surface area contributed by atoms with Gasteiger partial charge in [0.15, 0.2) is 0 Å². The summed E-state index contributed by atoms with van der Waals surface area (Å²) in [6.07, 6.45) is 2.06. The molecule has 0 radical (unpaired) electrons. The van der Waals surface area contributed by atoms with Crippen molar-refractivity contribution in [1.29, 1.82) is 0 Å². The van der Waals surface area contributed by atoms with Gasteiger partial charge in [0.05, 0.1) is 7.11 Å². The van der Waals surface area contributed by atoms with Crippen LogP contribution in [0.3, 0.4) is 0 Å². The second kappa shape index (κ2) is 8.74. The molecule has 0 saturated heterocycles. The van der Waals surface area contributed by atoms with Gasteiger partial charge < -0.3 is 15.2 Å². The van der Waals surface area contributed by atoms with Gasteiger partial charge in [-0.2, -0.15) is 0 Å². The van der Waals surface area contributed by atoms with Crippen molar-refractivity contribution >= 4 is 11.7 Å². The normalized spacial score (nSPS) is 13.6. The molecule has 1 aliphatic heterocycles. The van der Waals surface area contributed by atoms with Crippen LogP contribution < -0.4 is 10.1 Å². The van der Waals surface area contributed by atoms with E-state index in [2.05, 4.69) is 5.32 Å². The summed E-state index contributed by atoms with van der Waals surface area (Å²) in [5.41, 5.74) is 4.41. The maximum atomic E-state index is 12.1. The minimum Gasteiger partial charge on any atom is -0.508 e. The Morgan fingerprint density at radius 2 is 1.68 bits per heavy atom. The van der Waals surface area contributed by atoms with Crippen LogP contribution in [0.25, 0.3) is 0 Å². The maximum Gasteiger partial charge on any atom is 0.227 e. The van der Waals surface area contributed by atoms with Gasteiger partial charge in [-0.3, -0.25) is 4.79 Å². The van der Waals surface area contributed by atoms with E-state index in [0.29, 0.717) is 18.7 Å². The number of phenolic OH excluding ortho intramolecular Hbond substituents is 1. The van der Waals surface area contributed by atoms with Crippen LogP contribution in [0.1, 0.15) is 31.4 Å². The lowest BCUT2D eigenvalue weighted by atomic mass is 9.99. The highest BCUT2D eigenvalue weighted by atomic mass is 16.5. The Labute approximate surface area is 165 Å². The molecule has 1 aliphatic rings. The van der Waals surface area contributed by atoms with Gasteiger partial charge in [-0.25, -0.2) is 4.99 Å². The maximum absolute atomic E-state index is 12.1. The first-order valence-corrected chi connectivity index (χ1v) is 9.44. The molecule has 2 aromatic rings. The monoisotopic (exact) mass is 378 g/mol. The predicted molar refractivity (Wildman–Crippen MR) is 111 cm³/mol. The molecule has 28 heavy (non-hydrogen) atoms. The Bertz CT molecular complexity index is 894. The van der Waals surface area contributed by atoms with Crippen molar-refractivity contribution in [1.82, 2.24) is 5.32 Å². The van der Waals surface area contributed by atoms with Crippen molar-refractivity contribution in [3.8, 4) is 11.5 Å². The fraction of sp³-hybridized carbons (Fsp3) is 0.304. The van der Waals surface area contributed by atoms with Gasteiger partial charge in [0.25, 0.3) is 0 Å². The Morgan fingerprint density at radius 1 is 1.07 bits per heavy atom. The van der Waals surface area contributed by atoms with Crippen LogP contribution in [0.5, 0.6) is 11.5 Å². The van der Waals surface area contributed by atoms with Crippen LogP contribution in [0.2, 0.25) is 0 Å². The van der Waals surface area contributed by atoms with Crippen LogP contribution in [-0.4, -0.2) is 24.0 Å². The minimum atomic E-state index is -0.0890. The van der Waals surface area contributed by atoms with Gasteiger partial charge >= 0.3 is 0 Å². The fourth-order valence-electron chi connectivity index (χ4n) is 3.07. The number of ether oxygens (including phenoxy) is 1. The zero-order valence-corrected chi connectivity index (χ0v) is 16.5. The second-order valence-corrected chi connectivity index (χ2v) is 7.30. The molecule has 0 unspecified atom stereocenters. The summed E-state index contributed by atoms with van der Waals surface area (Å²) < 4.78 is 5.22. The number of amides is 1. The number of nitrogens with one attached hydrogen (secondary N) is 1. The van der Waals surface area contributed by atoms with Gasteiger partial charge in [-0.15, -0.1) is 0 Å². The first kappa shape index (κ1) is 19.7. The molecule has 3 rings (SSSR count). The van der Waals surface area contributed by atoms with E-state index in [-0.39, 0.29) is 17.6 Å². The first-order valence-electron chi connectivity index (χ1n) is 9.44. The van der Waals surface area contributed by atoms with Crippen molar-refractivity contribution in [2.75, 3.05) is 7.11 Å². The molecule has 0 atom stereocenters. The van der Waals surface area contributed by atoms with Crippen LogP contribution in [0, 0.1) is 5.92 Å². The quantitative estimate of drug-likeness (QED) is 0.798. The molecule has 5 heteroatoms. The van der Waals surface area contributed by atoms with Crippen LogP contribution >= 0.6 is 0 Å². The number of hydrogen-bond donors (Lipinski definition) is 2. The highest BCUT2D eigenvalue weighted by Crippen LogP contribution is 2.27. The van der Waals surface area contributed by atoms with E-state index >= 15 is 0 Å². The summed E-state index contributed by atoms with van der Waals surface area (Å²) in [7, 11) is 1.65. The number of aliphatic imine (C=N–C) groups is 1. The molecule has 2 aromatic carbocycles. The number of phenols is 1. The Hall–Kier alpha value is -3.08. The average molecular weight is 378 g/mol. The number of carbonyl (C=O) groups is 1. The summed E-state index contributed by atoms with van der Waals surface area (Å²) in [6.45, 7) is 3.74. The van der Waals surface area contributed by atoms with Crippen molar-refractivity contribution in [2.24, 2.45) is 10.9 Å². The Balaban J connectivity index is 1.81. The molecule has 0 aliphatic carbocycles. The summed E-state index contributed by atoms with van der Waals surface area (Å²) >= 11 is 0. The van der Waals surface area contributed by atoms with Gasteiger partial charge in [-0.1, -0.05) is 38.1 Å². The molecule has 146 valence electrons. The van der Waals surface area contributed by atoms with Crippen molar-refractivity contribution in [3.63, 3.8) is 0 Å². The Morgan fingerprint density at radius 3 is 2.29 bits per heavy atom. The fourth-order valence-corrected chi connectivity index (χ4v) is 3.07. The summed E-state index contributed by atoms with van der Waals surface area (Å²) in [6, 6.07) is 15.2. The zero-order valence-electron chi connectivity index (χ0n) is 16.5. The van der Waals surface area contributed by atoms with E-state index < -0.39 is 0 Å². The third kappa shape index (κ3) is 5.00. The lowest BCUT2D eigenvalue weighted by Gasteiger charge is -2.08. The van der Waals surface area contributed by atoms with Crippen molar-refractivity contribution < 1.29 is 14.6 Å². The molecular formula is C23H26N2O3. The average Bonchev–Trinajstić information content (AvgIpc) is 3.04. The number of allylic oxidation sites excluding steroid dienone is 1. The number of amidine groups is 1. The van der Waals surface area contributed by atoms with Gasteiger partial charge in [0, 0.05) is 24.5 Å². The number of methoxy groups -OCH3 is 1. The topological polar surface area (TPSA) is 70.9 Å². The van der Waals surface area contributed by atoms with E-state index in [1.165, 1.54) is 5.57 Å². The van der Waals surface area contributed by atoms with Crippen LogP contribution in [0.15, 0.2) is 64.8 Å². The third-order valence-corrected chi connectivity index (χ3v) is 4.74. The predicted octanol–water partition coefficient (Wildman–Crippen LogP) is 4.01. The van der Waals surface area contributed by atoms with E-state index in [4.69, 9.17) is 9.73 Å². The molecule has 2 N–H and O–H groups in total. The molecule has 1 heterocycles. The summed E-state index contributed by atoms with van der Waals surface area (Å²) in [5, 5.41) is 12.5. The number of hydrogen-bond acceptors (Lipinski definition) is 4. The lowest BCUT2D eigenvalue weighted by molar-refractivity contribution is -0.122. The molecule has 0 saturated carbocycles. The highest BCUT2D eigenvalue weighted by molar-refractivity contribution is 6.01. The van der Waals surface area contributed by atoms with Gasteiger partial charge in [0.2, 0.25) is 5.91 Å². The highest BCUT2D eigenvalue weighted by Gasteiger charge is 2.21. The lowest BCUT2D eigenvalue weighted by Crippen LogP contribution is -2.33. The molecule has 0 bridgehead atoms. The smallest absolute Gasteiger partial charge is 0.227 e. The Kier molecular flexibility index (Phi) is 6.14. The second-order valence-electron chi connectivity index (χ2n) is 7.30. The van der Waals surface area contributed by atoms with E-state index in [9.17, 15) is 9.90 Å². The third-order valence-electron chi connectivity index (χ3n) is 4.74.